The number of hydrogen-bond donors (Lipinski definition) is 3. The Balaban J connectivity index is 1.84. The van der Waals surface area contributed by atoms with Gasteiger partial charge >= 0.3 is 0 Å². The molecule has 6 nitrogen and oxygen atoms in total. The van der Waals surface area contributed by atoms with Crippen LogP contribution in [0.1, 0.15) is 75.0 Å². The average molecular weight is 401 g/mol. The highest BCUT2D eigenvalue weighted by Crippen LogP contribution is 2.22. The molecule has 0 unspecified atom stereocenters. The van der Waals surface area contributed by atoms with Gasteiger partial charge in [-0.05, 0) is 49.9 Å². The Bertz CT molecular complexity index is 815. The monoisotopic (exact) mass is 400 g/mol. The van der Waals surface area contributed by atoms with E-state index in [2.05, 4.69) is 23.7 Å². The molecule has 1 saturated carbocycles. The second-order valence-corrected chi connectivity index (χ2v) is 8.76. The van der Waals surface area contributed by atoms with Crippen LogP contribution in [0.5, 0.6) is 0 Å². The summed E-state index contributed by atoms with van der Waals surface area (Å²) in [5.74, 6) is 1.44. The highest BCUT2D eigenvalue weighted by atomic mass is 16.3. The first-order chi connectivity index (χ1) is 14.0. The van der Waals surface area contributed by atoms with Crippen LogP contribution in [0.2, 0.25) is 0 Å². The van der Waals surface area contributed by atoms with E-state index >= 15 is 0 Å². The van der Waals surface area contributed by atoms with Crippen molar-refractivity contribution in [3.05, 3.63) is 29.6 Å². The molecule has 4 N–H and O–H groups in total. The Morgan fingerprint density at radius 1 is 1.28 bits per heavy atom. The molecule has 1 fully saturated rings. The van der Waals surface area contributed by atoms with Gasteiger partial charge in [-0.25, -0.2) is 4.98 Å². The molecule has 29 heavy (non-hydrogen) atoms. The number of carbonyl (C=O) groups excluding carboxylic acids is 1. The molecule has 6 heteroatoms. The number of aliphatic hydroxyl groups is 1. The number of benzene rings is 1. The maximum absolute atomic E-state index is 12.9. The molecular weight excluding hydrogens is 364 g/mol. The summed E-state index contributed by atoms with van der Waals surface area (Å²) >= 11 is 0. The van der Waals surface area contributed by atoms with Crippen molar-refractivity contribution in [1.29, 1.82) is 0 Å². The molecule has 1 heterocycles. The summed E-state index contributed by atoms with van der Waals surface area (Å²) in [7, 11) is 0. The SMILES string of the molecule is CC(C)Cc1nc2ccc(C(=O)N[C@H]3CCCCCC[C@@H]3O)cc2n1CCCN. The zero-order valence-corrected chi connectivity index (χ0v) is 17.9. The first-order valence-electron chi connectivity index (χ1n) is 11.2. The van der Waals surface area contributed by atoms with Crippen LogP contribution in [-0.2, 0) is 13.0 Å². The summed E-state index contributed by atoms with van der Waals surface area (Å²) < 4.78 is 2.21. The molecule has 160 valence electrons. The topological polar surface area (TPSA) is 93.2 Å². The van der Waals surface area contributed by atoms with Crippen molar-refractivity contribution in [2.24, 2.45) is 11.7 Å². The predicted molar refractivity (Wildman–Crippen MR) is 117 cm³/mol. The number of nitrogens with zero attached hydrogens (tertiary/aromatic N) is 2. The molecule has 1 aromatic heterocycles. The molecule has 3 rings (SSSR count). The minimum Gasteiger partial charge on any atom is -0.391 e. The second-order valence-electron chi connectivity index (χ2n) is 8.76. The van der Waals surface area contributed by atoms with Crippen molar-refractivity contribution in [2.45, 2.75) is 83.9 Å². The lowest BCUT2D eigenvalue weighted by atomic mass is 9.94. The largest absolute Gasteiger partial charge is 0.391 e. The maximum atomic E-state index is 12.9. The van der Waals surface area contributed by atoms with E-state index < -0.39 is 6.10 Å². The van der Waals surface area contributed by atoms with Crippen molar-refractivity contribution < 1.29 is 9.90 Å². The molecule has 1 aliphatic carbocycles. The molecule has 0 saturated heterocycles. The zero-order chi connectivity index (χ0) is 20.8. The lowest BCUT2D eigenvalue weighted by Crippen LogP contribution is -2.43. The number of aromatic nitrogens is 2. The highest BCUT2D eigenvalue weighted by molar-refractivity contribution is 5.97. The van der Waals surface area contributed by atoms with Gasteiger partial charge in [0.25, 0.3) is 5.91 Å². The number of nitrogens with one attached hydrogen (secondary N) is 1. The number of amides is 1. The molecule has 2 atom stereocenters. The minimum absolute atomic E-state index is 0.117. The van der Waals surface area contributed by atoms with Gasteiger partial charge in [-0.1, -0.05) is 39.5 Å². The van der Waals surface area contributed by atoms with Gasteiger partial charge in [-0.3, -0.25) is 4.79 Å². The zero-order valence-electron chi connectivity index (χ0n) is 17.9. The van der Waals surface area contributed by atoms with E-state index in [4.69, 9.17) is 10.7 Å². The molecule has 0 spiro atoms. The summed E-state index contributed by atoms with van der Waals surface area (Å²) in [6, 6.07) is 5.54. The maximum Gasteiger partial charge on any atom is 0.251 e. The summed E-state index contributed by atoms with van der Waals surface area (Å²) in [5.41, 5.74) is 8.26. The Morgan fingerprint density at radius 3 is 2.76 bits per heavy atom. The van der Waals surface area contributed by atoms with Gasteiger partial charge in [0.15, 0.2) is 0 Å². The summed E-state index contributed by atoms with van der Waals surface area (Å²) in [5, 5.41) is 13.5. The molecule has 1 aromatic carbocycles. The van der Waals surface area contributed by atoms with Crippen LogP contribution in [0.25, 0.3) is 11.0 Å². The van der Waals surface area contributed by atoms with Gasteiger partial charge < -0.3 is 20.7 Å². The lowest BCUT2D eigenvalue weighted by Gasteiger charge is -2.26. The first-order valence-corrected chi connectivity index (χ1v) is 11.2. The third-order valence-corrected chi connectivity index (χ3v) is 5.81. The van der Waals surface area contributed by atoms with Gasteiger partial charge in [0.2, 0.25) is 0 Å². The van der Waals surface area contributed by atoms with Gasteiger partial charge in [0, 0.05) is 18.5 Å². The van der Waals surface area contributed by atoms with E-state index in [-0.39, 0.29) is 11.9 Å². The van der Waals surface area contributed by atoms with E-state index in [1.54, 1.807) is 0 Å². The standard InChI is InChI=1S/C23H36N4O2/c1-16(2)14-22-25-18-11-10-17(15-20(18)27(22)13-7-12-24)23(29)26-19-8-5-3-4-6-9-21(19)28/h10-11,15-16,19,21,28H,3-9,12-14,24H2,1-2H3,(H,26,29)/t19-,21-/m0/s1. The predicted octanol–water partition coefficient (Wildman–Crippen LogP) is 3.40. The van der Waals surface area contributed by atoms with E-state index in [0.717, 1.165) is 61.9 Å². The van der Waals surface area contributed by atoms with Crippen molar-refractivity contribution in [3.63, 3.8) is 0 Å². The van der Waals surface area contributed by atoms with E-state index in [1.807, 2.05) is 18.2 Å². The number of aliphatic hydroxyl groups excluding tert-OH is 1. The van der Waals surface area contributed by atoms with Crippen LogP contribution < -0.4 is 11.1 Å². The van der Waals surface area contributed by atoms with E-state index in [0.29, 0.717) is 18.0 Å². The summed E-state index contributed by atoms with van der Waals surface area (Å²) in [6.07, 6.45) is 7.32. The fraction of sp³-hybridized carbons (Fsp3) is 0.652. The quantitative estimate of drug-likeness (QED) is 0.664. The lowest BCUT2D eigenvalue weighted by molar-refractivity contribution is 0.0771. The molecule has 1 aliphatic rings. The van der Waals surface area contributed by atoms with Crippen molar-refractivity contribution in [3.8, 4) is 0 Å². The number of rotatable bonds is 7. The molecule has 0 aliphatic heterocycles. The third-order valence-electron chi connectivity index (χ3n) is 5.81. The van der Waals surface area contributed by atoms with Crippen LogP contribution in [-0.4, -0.2) is 39.3 Å². The van der Waals surface area contributed by atoms with Gasteiger partial charge in [-0.15, -0.1) is 0 Å². The van der Waals surface area contributed by atoms with Crippen LogP contribution in [0.4, 0.5) is 0 Å². The molecule has 0 radical (unpaired) electrons. The Morgan fingerprint density at radius 2 is 2.03 bits per heavy atom. The highest BCUT2D eigenvalue weighted by Gasteiger charge is 2.23. The van der Waals surface area contributed by atoms with Gasteiger partial charge in [-0.2, -0.15) is 0 Å². The van der Waals surface area contributed by atoms with Gasteiger partial charge in [0.1, 0.15) is 5.82 Å². The number of aryl methyl sites for hydroxylation is 1. The Hall–Kier alpha value is -1.92. The Kier molecular flexibility index (Phi) is 7.67. The fourth-order valence-corrected chi connectivity index (χ4v) is 4.22. The molecule has 0 bridgehead atoms. The van der Waals surface area contributed by atoms with Crippen molar-refractivity contribution >= 4 is 16.9 Å². The van der Waals surface area contributed by atoms with Crippen LogP contribution in [0, 0.1) is 5.92 Å². The van der Waals surface area contributed by atoms with Gasteiger partial charge in [0.05, 0.1) is 23.2 Å². The third kappa shape index (κ3) is 5.58. The van der Waals surface area contributed by atoms with E-state index in [9.17, 15) is 9.90 Å². The number of hydrogen-bond acceptors (Lipinski definition) is 4. The Labute approximate surface area is 173 Å². The van der Waals surface area contributed by atoms with E-state index in [1.165, 1.54) is 12.8 Å². The first kappa shape index (κ1) is 21.8. The second kappa shape index (κ2) is 10.2. The van der Waals surface area contributed by atoms with Crippen LogP contribution in [0.3, 0.4) is 0 Å². The summed E-state index contributed by atoms with van der Waals surface area (Å²) in [6.45, 7) is 5.81. The number of carbonyl (C=O) groups is 1. The number of fused-ring (bicyclic) bond motifs is 1. The molecular formula is C23H36N4O2. The van der Waals surface area contributed by atoms with Crippen molar-refractivity contribution in [2.75, 3.05) is 6.54 Å². The average Bonchev–Trinajstić information content (AvgIpc) is 3.01. The number of imidazole rings is 1. The summed E-state index contributed by atoms with van der Waals surface area (Å²) in [4.78, 5) is 17.7. The van der Waals surface area contributed by atoms with Crippen LogP contribution in [0.15, 0.2) is 18.2 Å². The smallest absolute Gasteiger partial charge is 0.251 e. The van der Waals surface area contributed by atoms with Crippen LogP contribution >= 0.6 is 0 Å². The fourth-order valence-electron chi connectivity index (χ4n) is 4.22. The number of nitrogens with two attached hydrogens (primary N) is 1. The minimum atomic E-state index is -0.462. The normalized spacial score (nSPS) is 20.6. The molecule has 2 aromatic rings. The molecule has 1 amide bonds. The van der Waals surface area contributed by atoms with Crippen molar-refractivity contribution in [1.82, 2.24) is 14.9 Å².